The Morgan fingerprint density at radius 2 is 1.74 bits per heavy atom. The lowest BCUT2D eigenvalue weighted by Gasteiger charge is -2.09. The van der Waals surface area contributed by atoms with Crippen LogP contribution in [0.5, 0.6) is 11.5 Å². The van der Waals surface area contributed by atoms with Crippen LogP contribution in [0, 0.1) is 17.0 Å². The number of carbonyl (C=O) groups is 2. The van der Waals surface area contributed by atoms with Gasteiger partial charge in [0, 0.05) is 62.4 Å². The molecule has 246 valence electrons. The zero-order valence-electron chi connectivity index (χ0n) is 26.4. The van der Waals surface area contributed by atoms with Gasteiger partial charge in [-0.1, -0.05) is 13.0 Å². The number of amides is 1. The van der Waals surface area contributed by atoms with Crippen LogP contribution in [-0.4, -0.2) is 50.0 Å². The Labute approximate surface area is 276 Å². The number of hydrogen-bond acceptors (Lipinski definition) is 9. The van der Waals surface area contributed by atoms with Crippen molar-refractivity contribution in [3.63, 3.8) is 0 Å². The molecule has 0 radical (unpaired) electrons. The van der Waals surface area contributed by atoms with Gasteiger partial charge in [0.1, 0.15) is 17.9 Å². The summed E-state index contributed by atoms with van der Waals surface area (Å²) >= 11 is 1.53. The molecule has 0 saturated heterocycles. The molecule has 6 rings (SSSR count). The molecule has 0 unspecified atom stereocenters. The Balaban J connectivity index is 0.000000254. The summed E-state index contributed by atoms with van der Waals surface area (Å²) in [5.41, 5.74) is 3.99. The number of methoxy groups -OCH3 is 1. The molecule has 47 heavy (non-hydrogen) atoms. The molecule has 1 aliphatic rings. The van der Waals surface area contributed by atoms with Crippen molar-refractivity contribution in [2.45, 2.75) is 26.3 Å². The van der Waals surface area contributed by atoms with Crippen LogP contribution in [0.15, 0.2) is 79.0 Å². The number of anilines is 2. The molecule has 9 nitrogen and oxygen atoms in total. The lowest BCUT2D eigenvalue weighted by Crippen LogP contribution is -2.19. The third kappa shape index (κ3) is 10.6. The second-order valence-corrected chi connectivity index (χ2v) is 11.9. The Hall–Kier alpha value is -4.78. The minimum atomic E-state index is -0.427. The van der Waals surface area contributed by atoms with E-state index < -0.39 is 5.82 Å². The van der Waals surface area contributed by atoms with E-state index in [4.69, 9.17) is 14.5 Å². The molecule has 0 atom stereocenters. The molecule has 5 aromatic rings. The minimum absolute atomic E-state index is 0.111. The Morgan fingerprint density at radius 3 is 2.38 bits per heavy atom. The summed E-state index contributed by atoms with van der Waals surface area (Å²) < 4.78 is 38.4. The molecule has 1 saturated carbocycles. The Bertz CT molecular complexity index is 1760. The van der Waals surface area contributed by atoms with E-state index in [1.807, 2.05) is 31.2 Å². The average molecular weight is 662 g/mol. The first kappa shape index (κ1) is 35.1. The number of hydrogen-bond donors (Lipinski definition) is 3. The number of aldehydes is 1. The van der Waals surface area contributed by atoms with Crippen molar-refractivity contribution in [1.29, 1.82) is 0 Å². The number of fused-ring (bicyclic) bond motifs is 1. The first-order valence-corrected chi connectivity index (χ1v) is 15.7. The third-order valence-corrected chi connectivity index (χ3v) is 8.22. The van der Waals surface area contributed by atoms with Gasteiger partial charge in [0.25, 0.3) is 0 Å². The molecule has 0 spiro atoms. The van der Waals surface area contributed by atoms with E-state index in [1.165, 1.54) is 41.7 Å². The number of nitrogens with one attached hydrogen (secondary N) is 3. The SMILES string of the molecule is CC1(C=O)CC1.CNc1ccc(Oc2ccnc3cc(-c4cccc(CNCCOC)n4)sc23)c(F)c1.O=CNc1ccc(F)cc1. The van der Waals surface area contributed by atoms with Crippen molar-refractivity contribution in [2.75, 3.05) is 37.9 Å². The van der Waals surface area contributed by atoms with Crippen LogP contribution in [0.3, 0.4) is 0 Å². The molecular formula is C35H37F2N5O4S. The average Bonchev–Trinajstić information content (AvgIpc) is 3.67. The van der Waals surface area contributed by atoms with Crippen LogP contribution in [-0.2, 0) is 20.9 Å². The fourth-order valence-electron chi connectivity index (χ4n) is 4.01. The minimum Gasteiger partial charge on any atom is -0.453 e. The fraction of sp³-hybridized carbons (Fsp3) is 0.257. The first-order chi connectivity index (χ1) is 22.8. The number of thiophene rings is 1. The normalized spacial score (nSPS) is 12.5. The summed E-state index contributed by atoms with van der Waals surface area (Å²) in [6, 6.07) is 20.0. The van der Waals surface area contributed by atoms with E-state index in [9.17, 15) is 18.4 Å². The largest absolute Gasteiger partial charge is 0.453 e. The highest BCUT2D eigenvalue weighted by molar-refractivity contribution is 7.22. The summed E-state index contributed by atoms with van der Waals surface area (Å²) in [6.45, 7) is 4.07. The van der Waals surface area contributed by atoms with Crippen molar-refractivity contribution >= 4 is 45.6 Å². The number of aromatic nitrogens is 2. The summed E-state index contributed by atoms with van der Waals surface area (Å²) in [6.07, 6.45) is 5.48. The predicted octanol–water partition coefficient (Wildman–Crippen LogP) is 7.45. The maximum Gasteiger partial charge on any atom is 0.211 e. The predicted molar refractivity (Wildman–Crippen MR) is 182 cm³/mol. The number of halogens is 2. The topological polar surface area (TPSA) is 114 Å². The molecule has 1 amide bonds. The van der Waals surface area contributed by atoms with E-state index >= 15 is 0 Å². The van der Waals surface area contributed by atoms with E-state index in [1.54, 1.807) is 38.6 Å². The first-order valence-electron chi connectivity index (χ1n) is 14.9. The maximum absolute atomic E-state index is 14.4. The van der Waals surface area contributed by atoms with Gasteiger partial charge in [0.2, 0.25) is 6.41 Å². The highest BCUT2D eigenvalue weighted by atomic mass is 32.1. The number of pyridine rings is 2. The van der Waals surface area contributed by atoms with Crippen molar-refractivity contribution in [3.8, 4) is 22.1 Å². The Kier molecular flexibility index (Phi) is 12.9. The molecule has 3 heterocycles. The van der Waals surface area contributed by atoms with Crippen LogP contribution < -0.4 is 20.7 Å². The number of rotatable bonds is 12. The summed E-state index contributed by atoms with van der Waals surface area (Å²) in [5.74, 6) is -0.00108. The third-order valence-electron chi connectivity index (χ3n) is 7.06. The van der Waals surface area contributed by atoms with Gasteiger partial charge in [-0.15, -0.1) is 11.3 Å². The zero-order chi connectivity index (χ0) is 33.6. The summed E-state index contributed by atoms with van der Waals surface area (Å²) in [7, 11) is 3.42. The van der Waals surface area contributed by atoms with Gasteiger partial charge < -0.3 is 30.2 Å². The zero-order valence-corrected chi connectivity index (χ0v) is 27.2. The Morgan fingerprint density at radius 1 is 0.979 bits per heavy atom. The van der Waals surface area contributed by atoms with Gasteiger partial charge in [0.15, 0.2) is 11.6 Å². The molecule has 3 N–H and O–H groups in total. The highest BCUT2D eigenvalue weighted by Gasteiger charge is 2.36. The van der Waals surface area contributed by atoms with Crippen LogP contribution in [0.2, 0.25) is 0 Å². The molecule has 12 heteroatoms. The molecule has 1 aliphatic carbocycles. The van der Waals surface area contributed by atoms with E-state index in [0.717, 1.165) is 52.2 Å². The fourth-order valence-corrected chi connectivity index (χ4v) is 5.05. The quantitative estimate of drug-likeness (QED) is 0.0934. The number of ether oxygens (including phenoxy) is 2. The van der Waals surface area contributed by atoms with Crippen LogP contribution >= 0.6 is 11.3 Å². The lowest BCUT2D eigenvalue weighted by molar-refractivity contribution is -0.111. The summed E-state index contributed by atoms with van der Waals surface area (Å²) in [5, 5.41) is 8.60. The maximum atomic E-state index is 14.4. The van der Waals surface area contributed by atoms with Gasteiger partial charge in [-0.2, -0.15) is 0 Å². The number of nitrogens with zero attached hydrogens (tertiary/aromatic N) is 2. The van der Waals surface area contributed by atoms with Crippen molar-refractivity contribution in [1.82, 2.24) is 15.3 Å². The van der Waals surface area contributed by atoms with Gasteiger partial charge in [0.05, 0.1) is 33.1 Å². The van der Waals surface area contributed by atoms with Gasteiger partial charge in [-0.25, -0.2) is 8.78 Å². The van der Waals surface area contributed by atoms with Gasteiger partial charge >= 0.3 is 0 Å². The van der Waals surface area contributed by atoms with Crippen molar-refractivity contribution in [3.05, 3.63) is 96.3 Å². The van der Waals surface area contributed by atoms with Gasteiger partial charge in [-0.05, 0) is 67.4 Å². The van der Waals surface area contributed by atoms with E-state index in [-0.39, 0.29) is 17.0 Å². The number of benzene rings is 2. The van der Waals surface area contributed by atoms with E-state index in [2.05, 4.69) is 20.9 Å². The smallest absolute Gasteiger partial charge is 0.211 e. The molecular weight excluding hydrogens is 624 g/mol. The standard InChI is InChI=1S/C23H23FN4O2S.C7H6FNO.C5H8O/c1-25-15-6-7-20(17(24)12-15)30-21-8-9-27-19-13-22(31-23(19)21)18-5-3-4-16(28-18)14-26-10-11-29-2;8-6-1-3-7(4-2-6)9-5-10;1-5(4-6)2-3-5/h3-9,12-13,25-26H,10-11,14H2,1-2H3;1-5H,(H,9,10);4H,2-3H2,1H3. The lowest BCUT2D eigenvalue weighted by atomic mass is 10.2. The highest BCUT2D eigenvalue weighted by Crippen LogP contribution is 2.42. The van der Waals surface area contributed by atoms with E-state index in [0.29, 0.717) is 36.7 Å². The van der Waals surface area contributed by atoms with Crippen molar-refractivity contribution < 1.29 is 27.8 Å². The molecule has 1 fully saturated rings. The number of carbonyl (C=O) groups excluding carboxylic acids is 2. The van der Waals surface area contributed by atoms with Crippen LogP contribution in [0.1, 0.15) is 25.5 Å². The monoisotopic (exact) mass is 661 g/mol. The second kappa shape index (κ2) is 17.2. The molecule has 0 bridgehead atoms. The molecule has 3 aromatic heterocycles. The molecule has 2 aromatic carbocycles. The summed E-state index contributed by atoms with van der Waals surface area (Å²) in [4.78, 5) is 29.9. The van der Waals surface area contributed by atoms with Crippen LogP contribution in [0.4, 0.5) is 20.2 Å². The molecule has 0 aliphatic heterocycles. The second-order valence-electron chi connectivity index (χ2n) is 10.9. The van der Waals surface area contributed by atoms with Crippen LogP contribution in [0.25, 0.3) is 20.8 Å². The van der Waals surface area contributed by atoms with Gasteiger partial charge in [-0.3, -0.25) is 14.8 Å². The van der Waals surface area contributed by atoms with Crippen molar-refractivity contribution in [2.24, 2.45) is 5.41 Å².